The fraction of sp³-hybridized carbons (Fsp3) is 0.240. The smallest absolute Gasteiger partial charge is 0.243 e. The Hall–Kier alpha value is -3.36. The summed E-state index contributed by atoms with van der Waals surface area (Å²) in [5, 5.41) is 0. The van der Waals surface area contributed by atoms with Crippen molar-refractivity contribution in [3.05, 3.63) is 78.4 Å². The highest BCUT2D eigenvalue weighted by molar-refractivity contribution is 7.89. The lowest BCUT2D eigenvalue weighted by atomic mass is 10.1. The lowest BCUT2D eigenvalue weighted by Crippen LogP contribution is -2.55. The largest absolute Gasteiger partial charge is 0.497 e. The molecule has 1 fully saturated rings. The van der Waals surface area contributed by atoms with E-state index in [0.717, 1.165) is 17.1 Å². The van der Waals surface area contributed by atoms with Crippen LogP contribution < -0.4 is 9.47 Å². The Morgan fingerprint density at radius 1 is 0.970 bits per heavy atom. The molecule has 3 aromatic rings. The Balaban J connectivity index is 1.50. The molecule has 0 bridgehead atoms. The van der Waals surface area contributed by atoms with Gasteiger partial charge in [0.15, 0.2) is 5.75 Å². The SMILES string of the molecule is COc1ccc2c(c1)C(N1CCN(S(=O)(=O)c3ccccc3)[C@@H](C)C1)=Nc1ccccc1O2. The van der Waals surface area contributed by atoms with Gasteiger partial charge in [-0.25, -0.2) is 13.4 Å². The number of amidine groups is 1. The zero-order valence-electron chi connectivity index (χ0n) is 18.5. The van der Waals surface area contributed by atoms with Gasteiger partial charge in [0.05, 0.1) is 17.6 Å². The maximum atomic E-state index is 13.2. The first-order valence-electron chi connectivity index (χ1n) is 10.8. The molecule has 8 heteroatoms. The van der Waals surface area contributed by atoms with Crippen molar-refractivity contribution in [3.63, 3.8) is 0 Å². The van der Waals surface area contributed by atoms with Crippen molar-refractivity contribution in [1.82, 2.24) is 9.21 Å². The minimum absolute atomic E-state index is 0.236. The van der Waals surface area contributed by atoms with Crippen molar-refractivity contribution in [1.29, 1.82) is 0 Å². The molecular formula is C25H25N3O4S. The summed E-state index contributed by atoms with van der Waals surface area (Å²) in [7, 11) is -1.95. The number of hydrogen-bond donors (Lipinski definition) is 0. The van der Waals surface area contributed by atoms with Crippen LogP contribution >= 0.6 is 0 Å². The Labute approximate surface area is 193 Å². The predicted octanol–water partition coefficient (Wildman–Crippen LogP) is 4.27. The van der Waals surface area contributed by atoms with Crippen LogP contribution in [0.25, 0.3) is 0 Å². The minimum Gasteiger partial charge on any atom is -0.497 e. The summed E-state index contributed by atoms with van der Waals surface area (Å²) >= 11 is 0. The molecule has 0 N–H and O–H groups in total. The number of benzene rings is 3. The maximum Gasteiger partial charge on any atom is 0.243 e. The molecule has 0 aromatic heterocycles. The van der Waals surface area contributed by atoms with E-state index < -0.39 is 10.0 Å². The van der Waals surface area contributed by atoms with Gasteiger partial charge in [-0.15, -0.1) is 0 Å². The average Bonchev–Trinajstić information content (AvgIpc) is 3.00. The second-order valence-corrected chi connectivity index (χ2v) is 9.98. The summed E-state index contributed by atoms with van der Waals surface area (Å²) in [6.45, 7) is 3.30. The van der Waals surface area contributed by atoms with E-state index in [4.69, 9.17) is 14.5 Å². The molecule has 1 saturated heterocycles. The number of fused-ring (bicyclic) bond motifs is 2. The molecule has 2 aliphatic rings. The third-order valence-electron chi connectivity index (χ3n) is 5.96. The van der Waals surface area contributed by atoms with Crippen LogP contribution in [-0.4, -0.2) is 56.2 Å². The number of sulfonamides is 1. The lowest BCUT2D eigenvalue weighted by Gasteiger charge is -2.40. The molecule has 0 spiro atoms. The molecule has 3 aromatic carbocycles. The second kappa shape index (κ2) is 8.53. The number of rotatable bonds is 3. The van der Waals surface area contributed by atoms with E-state index >= 15 is 0 Å². The molecule has 7 nitrogen and oxygen atoms in total. The molecule has 2 heterocycles. The first-order valence-corrected chi connectivity index (χ1v) is 12.3. The minimum atomic E-state index is -3.57. The number of aliphatic imine (C=N–C) groups is 1. The van der Waals surface area contributed by atoms with Gasteiger partial charge in [0.2, 0.25) is 10.0 Å². The molecule has 170 valence electrons. The summed E-state index contributed by atoms with van der Waals surface area (Å²) < 4.78 is 39.6. The van der Waals surface area contributed by atoms with Gasteiger partial charge in [0.25, 0.3) is 0 Å². The number of ether oxygens (including phenoxy) is 2. The van der Waals surface area contributed by atoms with Crippen molar-refractivity contribution >= 4 is 21.5 Å². The summed E-state index contributed by atoms with van der Waals surface area (Å²) in [6.07, 6.45) is 0. The van der Waals surface area contributed by atoms with Crippen LogP contribution in [0, 0.1) is 0 Å². The molecule has 0 unspecified atom stereocenters. The van der Waals surface area contributed by atoms with Crippen molar-refractivity contribution in [2.75, 3.05) is 26.7 Å². The zero-order chi connectivity index (χ0) is 23.0. The normalized spacial score (nSPS) is 18.4. The highest BCUT2D eigenvalue weighted by Gasteiger charge is 2.36. The quantitative estimate of drug-likeness (QED) is 0.580. The highest BCUT2D eigenvalue weighted by atomic mass is 32.2. The van der Waals surface area contributed by atoms with Gasteiger partial charge in [-0.2, -0.15) is 4.31 Å². The van der Waals surface area contributed by atoms with Gasteiger partial charge in [0, 0.05) is 25.7 Å². The number of para-hydroxylation sites is 2. The van der Waals surface area contributed by atoms with E-state index in [1.807, 2.05) is 55.5 Å². The number of hydrogen-bond acceptors (Lipinski definition) is 6. The average molecular weight is 464 g/mol. The Bertz CT molecular complexity index is 1310. The fourth-order valence-corrected chi connectivity index (χ4v) is 5.92. The molecule has 0 radical (unpaired) electrons. The summed E-state index contributed by atoms with van der Waals surface area (Å²) in [4.78, 5) is 7.40. The van der Waals surface area contributed by atoms with Crippen molar-refractivity contribution in [2.24, 2.45) is 4.99 Å². The Morgan fingerprint density at radius 3 is 2.48 bits per heavy atom. The highest BCUT2D eigenvalue weighted by Crippen LogP contribution is 2.39. The Morgan fingerprint density at radius 2 is 1.73 bits per heavy atom. The third-order valence-corrected chi connectivity index (χ3v) is 7.98. The molecule has 0 saturated carbocycles. The van der Waals surface area contributed by atoms with E-state index in [1.54, 1.807) is 35.7 Å². The predicted molar refractivity (Wildman–Crippen MR) is 127 cm³/mol. The number of nitrogens with zero attached hydrogens (tertiary/aromatic N) is 3. The first-order chi connectivity index (χ1) is 16.0. The van der Waals surface area contributed by atoms with E-state index in [0.29, 0.717) is 41.8 Å². The van der Waals surface area contributed by atoms with Gasteiger partial charge < -0.3 is 14.4 Å². The van der Waals surface area contributed by atoms with Crippen LogP contribution in [0.1, 0.15) is 12.5 Å². The second-order valence-electron chi connectivity index (χ2n) is 8.09. The van der Waals surface area contributed by atoms with Gasteiger partial charge in [0.1, 0.15) is 23.0 Å². The Kier molecular flexibility index (Phi) is 5.55. The standard InChI is InChI=1S/C25H25N3O4S/c1-18-17-27(14-15-28(18)33(29,30)20-8-4-3-5-9-20)25-21-16-19(31-2)12-13-23(21)32-24-11-7-6-10-22(24)26-25/h3-13,16,18H,14-15,17H2,1-2H3/t18-/m0/s1. The third kappa shape index (κ3) is 3.96. The van der Waals surface area contributed by atoms with Gasteiger partial charge in [-0.05, 0) is 49.4 Å². The molecular weight excluding hydrogens is 438 g/mol. The van der Waals surface area contributed by atoms with E-state index in [2.05, 4.69) is 4.90 Å². The lowest BCUT2D eigenvalue weighted by molar-refractivity contribution is 0.205. The fourth-order valence-electron chi connectivity index (χ4n) is 4.29. The van der Waals surface area contributed by atoms with Crippen LogP contribution in [0.15, 0.2) is 82.7 Å². The molecule has 1 atom stereocenters. The molecule has 33 heavy (non-hydrogen) atoms. The molecule has 2 aliphatic heterocycles. The molecule has 0 aliphatic carbocycles. The van der Waals surface area contributed by atoms with Gasteiger partial charge in [-0.3, -0.25) is 0 Å². The maximum absolute atomic E-state index is 13.2. The van der Waals surface area contributed by atoms with Gasteiger partial charge >= 0.3 is 0 Å². The topological polar surface area (TPSA) is 71.4 Å². The van der Waals surface area contributed by atoms with Crippen molar-refractivity contribution in [2.45, 2.75) is 17.9 Å². The van der Waals surface area contributed by atoms with Crippen LogP contribution in [-0.2, 0) is 10.0 Å². The summed E-state index contributed by atoms with van der Waals surface area (Å²) in [5.74, 6) is 2.82. The van der Waals surface area contributed by atoms with E-state index in [9.17, 15) is 8.42 Å². The van der Waals surface area contributed by atoms with Crippen LogP contribution in [0.5, 0.6) is 17.2 Å². The van der Waals surface area contributed by atoms with Crippen LogP contribution in [0.4, 0.5) is 5.69 Å². The molecule has 5 rings (SSSR count). The van der Waals surface area contributed by atoms with E-state index in [-0.39, 0.29) is 6.04 Å². The first kappa shape index (κ1) is 21.5. The van der Waals surface area contributed by atoms with Crippen molar-refractivity contribution in [3.8, 4) is 17.2 Å². The van der Waals surface area contributed by atoms with Gasteiger partial charge in [-0.1, -0.05) is 30.3 Å². The summed E-state index contributed by atoms with van der Waals surface area (Å²) in [5.41, 5.74) is 1.55. The van der Waals surface area contributed by atoms with Crippen LogP contribution in [0.2, 0.25) is 0 Å². The number of methoxy groups -OCH3 is 1. The monoisotopic (exact) mass is 463 g/mol. The molecule has 0 amide bonds. The zero-order valence-corrected chi connectivity index (χ0v) is 19.3. The van der Waals surface area contributed by atoms with E-state index in [1.165, 1.54) is 0 Å². The summed E-state index contributed by atoms with van der Waals surface area (Å²) in [6, 6.07) is 21.6. The number of piperazine rings is 1. The van der Waals surface area contributed by atoms with Crippen molar-refractivity contribution < 1.29 is 17.9 Å². The van der Waals surface area contributed by atoms with Crippen LogP contribution in [0.3, 0.4) is 0 Å².